The Labute approximate surface area is 136 Å². The highest BCUT2D eigenvalue weighted by Gasteiger charge is 2.12. The summed E-state index contributed by atoms with van der Waals surface area (Å²) >= 11 is 6.03. The summed E-state index contributed by atoms with van der Waals surface area (Å²) in [6.07, 6.45) is 3.88. The van der Waals surface area contributed by atoms with Gasteiger partial charge >= 0.3 is 0 Å². The van der Waals surface area contributed by atoms with E-state index < -0.39 is 0 Å². The van der Waals surface area contributed by atoms with Crippen LogP contribution in [0.15, 0.2) is 23.2 Å². The van der Waals surface area contributed by atoms with Crippen molar-refractivity contribution >= 4 is 29.2 Å². The van der Waals surface area contributed by atoms with Crippen molar-refractivity contribution in [1.82, 2.24) is 4.90 Å². The number of anilines is 1. The number of aliphatic imine (C=N–C) groups is 1. The van der Waals surface area contributed by atoms with Crippen LogP contribution in [0.5, 0.6) is 0 Å². The maximum Gasteiger partial charge on any atom is 0.226 e. The molecule has 5 nitrogen and oxygen atoms in total. The maximum absolute atomic E-state index is 12.0. The Bertz CT molecular complexity index is 553. The SMILES string of the molecule is Cc1c(Cl)cccc1NC(=O)CCN=C(N)N1CCCCC1. The Balaban J connectivity index is 1.81. The molecule has 0 saturated carbocycles. The number of likely N-dealkylation sites (tertiary alicyclic amines) is 1. The Hall–Kier alpha value is -1.75. The van der Waals surface area contributed by atoms with Crippen LogP contribution < -0.4 is 11.1 Å². The minimum Gasteiger partial charge on any atom is -0.370 e. The molecule has 1 fully saturated rings. The molecule has 0 bridgehead atoms. The zero-order chi connectivity index (χ0) is 15.9. The first kappa shape index (κ1) is 16.6. The van der Waals surface area contributed by atoms with Crippen molar-refractivity contribution in [2.45, 2.75) is 32.6 Å². The number of hydrogen-bond donors (Lipinski definition) is 2. The van der Waals surface area contributed by atoms with Gasteiger partial charge in [-0.25, -0.2) is 0 Å². The average Bonchev–Trinajstić information content (AvgIpc) is 2.52. The largest absolute Gasteiger partial charge is 0.370 e. The van der Waals surface area contributed by atoms with Crippen LogP contribution in [0.3, 0.4) is 0 Å². The normalized spacial score (nSPS) is 15.7. The summed E-state index contributed by atoms with van der Waals surface area (Å²) in [7, 11) is 0. The number of guanidine groups is 1. The van der Waals surface area contributed by atoms with Gasteiger partial charge in [-0.2, -0.15) is 0 Å². The van der Waals surface area contributed by atoms with E-state index in [-0.39, 0.29) is 5.91 Å². The first-order chi connectivity index (χ1) is 10.6. The van der Waals surface area contributed by atoms with E-state index in [1.807, 2.05) is 19.1 Å². The van der Waals surface area contributed by atoms with Crippen LogP contribution in [0, 0.1) is 6.92 Å². The van der Waals surface area contributed by atoms with Crippen molar-refractivity contribution in [3.05, 3.63) is 28.8 Å². The van der Waals surface area contributed by atoms with Crippen LogP contribution in [0.25, 0.3) is 0 Å². The van der Waals surface area contributed by atoms with E-state index >= 15 is 0 Å². The van der Waals surface area contributed by atoms with E-state index in [1.54, 1.807) is 6.07 Å². The fourth-order valence-electron chi connectivity index (χ4n) is 2.45. The van der Waals surface area contributed by atoms with Crippen molar-refractivity contribution in [3.63, 3.8) is 0 Å². The molecule has 3 N–H and O–H groups in total. The summed E-state index contributed by atoms with van der Waals surface area (Å²) < 4.78 is 0. The lowest BCUT2D eigenvalue weighted by Crippen LogP contribution is -2.41. The number of rotatable bonds is 4. The number of halogens is 1. The lowest BCUT2D eigenvalue weighted by atomic mass is 10.1. The lowest BCUT2D eigenvalue weighted by molar-refractivity contribution is -0.116. The minimum atomic E-state index is -0.0828. The predicted molar refractivity (Wildman–Crippen MR) is 91.3 cm³/mol. The molecule has 22 heavy (non-hydrogen) atoms. The third-order valence-electron chi connectivity index (χ3n) is 3.83. The highest BCUT2D eigenvalue weighted by Crippen LogP contribution is 2.22. The van der Waals surface area contributed by atoms with Gasteiger partial charge in [0.25, 0.3) is 0 Å². The second kappa shape index (κ2) is 8.03. The molecular formula is C16H23ClN4O. The summed E-state index contributed by atoms with van der Waals surface area (Å²) in [5.41, 5.74) is 7.57. The van der Waals surface area contributed by atoms with E-state index in [0.29, 0.717) is 23.9 Å². The highest BCUT2D eigenvalue weighted by molar-refractivity contribution is 6.31. The Morgan fingerprint density at radius 2 is 2.09 bits per heavy atom. The Kier molecular flexibility index (Phi) is 6.07. The fourth-order valence-corrected chi connectivity index (χ4v) is 2.63. The number of benzene rings is 1. The summed E-state index contributed by atoms with van der Waals surface area (Å²) in [6.45, 7) is 4.20. The zero-order valence-corrected chi connectivity index (χ0v) is 13.7. The van der Waals surface area contributed by atoms with Crippen molar-refractivity contribution in [1.29, 1.82) is 0 Å². The lowest BCUT2D eigenvalue weighted by Gasteiger charge is -2.27. The summed E-state index contributed by atoms with van der Waals surface area (Å²) in [5.74, 6) is 0.465. The van der Waals surface area contributed by atoms with Gasteiger partial charge < -0.3 is 16.0 Å². The van der Waals surface area contributed by atoms with E-state index in [1.165, 1.54) is 6.42 Å². The van der Waals surface area contributed by atoms with Crippen LogP contribution in [0.2, 0.25) is 5.02 Å². The van der Waals surface area contributed by atoms with Gasteiger partial charge in [0.2, 0.25) is 5.91 Å². The van der Waals surface area contributed by atoms with Crippen molar-refractivity contribution in [2.75, 3.05) is 25.0 Å². The van der Waals surface area contributed by atoms with Crippen LogP contribution in [0.4, 0.5) is 5.69 Å². The van der Waals surface area contributed by atoms with Gasteiger partial charge in [0.15, 0.2) is 5.96 Å². The van der Waals surface area contributed by atoms with Gasteiger partial charge in [-0.1, -0.05) is 17.7 Å². The van der Waals surface area contributed by atoms with Crippen LogP contribution in [0.1, 0.15) is 31.2 Å². The minimum absolute atomic E-state index is 0.0828. The molecule has 2 rings (SSSR count). The second-order valence-corrected chi connectivity index (χ2v) is 5.91. The molecule has 1 aromatic carbocycles. The summed E-state index contributed by atoms with van der Waals surface area (Å²) in [6, 6.07) is 5.46. The van der Waals surface area contributed by atoms with Gasteiger partial charge in [0.1, 0.15) is 0 Å². The van der Waals surface area contributed by atoms with Crippen molar-refractivity contribution < 1.29 is 4.79 Å². The average molecular weight is 323 g/mol. The van der Waals surface area contributed by atoms with Gasteiger partial charge in [-0.15, -0.1) is 0 Å². The first-order valence-corrected chi connectivity index (χ1v) is 8.05. The van der Waals surface area contributed by atoms with Gasteiger partial charge in [-0.05, 0) is 43.9 Å². The molecule has 0 aromatic heterocycles. The first-order valence-electron chi connectivity index (χ1n) is 7.68. The zero-order valence-electron chi connectivity index (χ0n) is 12.9. The van der Waals surface area contributed by atoms with E-state index in [4.69, 9.17) is 17.3 Å². The number of carbonyl (C=O) groups is 1. The van der Waals surface area contributed by atoms with E-state index in [9.17, 15) is 4.79 Å². The molecule has 1 amide bonds. The molecule has 0 unspecified atom stereocenters. The second-order valence-electron chi connectivity index (χ2n) is 5.50. The fraction of sp³-hybridized carbons (Fsp3) is 0.500. The molecule has 120 valence electrons. The molecule has 1 saturated heterocycles. The van der Waals surface area contributed by atoms with E-state index in [2.05, 4.69) is 15.2 Å². The molecule has 1 heterocycles. The highest BCUT2D eigenvalue weighted by atomic mass is 35.5. The third-order valence-corrected chi connectivity index (χ3v) is 4.24. The monoisotopic (exact) mass is 322 g/mol. The maximum atomic E-state index is 12.0. The van der Waals surface area contributed by atoms with Crippen LogP contribution in [-0.2, 0) is 4.79 Å². The van der Waals surface area contributed by atoms with E-state index in [0.717, 1.165) is 37.2 Å². The Morgan fingerprint density at radius 3 is 2.82 bits per heavy atom. The number of piperidine rings is 1. The van der Waals surface area contributed by atoms with Gasteiger partial charge in [-0.3, -0.25) is 9.79 Å². The quantitative estimate of drug-likeness (QED) is 0.661. The van der Waals surface area contributed by atoms with Crippen LogP contribution in [-0.4, -0.2) is 36.4 Å². The number of nitrogens with one attached hydrogen (secondary N) is 1. The van der Waals surface area contributed by atoms with Gasteiger partial charge in [0.05, 0.1) is 6.54 Å². The molecule has 6 heteroatoms. The molecule has 1 aliphatic heterocycles. The third kappa shape index (κ3) is 4.63. The summed E-state index contributed by atoms with van der Waals surface area (Å²) in [4.78, 5) is 18.3. The molecule has 0 spiro atoms. The molecule has 0 radical (unpaired) electrons. The number of amides is 1. The topological polar surface area (TPSA) is 70.7 Å². The number of nitrogens with two attached hydrogens (primary N) is 1. The summed E-state index contributed by atoms with van der Waals surface area (Å²) in [5, 5.41) is 3.50. The molecule has 0 aliphatic carbocycles. The number of nitrogens with zero attached hydrogens (tertiary/aromatic N) is 2. The standard InChI is InChI=1S/C16H23ClN4O/c1-12-13(17)6-5-7-14(12)20-15(22)8-9-19-16(18)21-10-3-2-4-11-21/h5-7H,2-4,8-11H2,1H3,(H2,18,19)(H,20,22). The van der Waals surface area contributed by atoms with Crippen molar-refractivity contribution in [2.24, 2.45) is 10.7 Å². The predicted octanol–water partition coefficient (Wildman–Crippen LogP) is 2.78. The number of hydrogen-bond acceptors (Lipinski definition) is 2. The molecule has 0 atom stereocenters. The Morgan fingerprint density at radius 1 is 1.36 bits per heavy atom. The molecule has 1 aromatic rings. The van der Waals surface area contributed by atoms with Crippen molar-refractivity contribution in [3.8, 4) is 0 Å². The number of carbonyl (C=O) groups excluding carboxylic acids is 1. The molecular weight excluding hydrogens is 300 g/mol. The van der Waals surface area contributed by atoms with Crippen LogP contribution >= 0.6 is 11.6 Å². The molecule has 1 aliphatic rings. The van der Waals surface area contributed by atoms with Gasteiger partial charge in [0, 0.05) is 30.2 Å². The smallest absolute Gasteiger partial charge is 0.226 e.